The number of methoxy groups -OCH3 is 1. The van der Waals surface area contributed by atoms with Crippen LogP contribution in [0.4, 0.5) is 10.5 Å². The van der Waals surface area contributed by atoms with Crippen LogP contribution in [0.15, 0.2) is 24.3 Å². The number of carboxylic acid groups (broad SMARTS) is 1. The van der Waals surface area contributed by atoms with E-state index in [4.69, 9.17) is 9.47 Å². The minimum Gasteiger partial charge on any atom is -0.480 e. The molecule has 9 heteroatoms. The van der Waals surface area contributed by atoms with Crippen LogP contribution in [-0.2, 0) is 30.5 Å². The number of benzene rings is 1. The van der Waals surface area contributed by atoms with Crippen LogP contribution in [0.5, 0.6) is 0 Å². The quantitative estimate of drug-likeness (QED) is 0.721. The van der Waals surface area contributed by atoms with Crippen LogP contribution in [0, 0.1) is 0 Å². The Hall–Kier alpha value is -2.13. The molecule has 2 rings (SSSR count). The summed E-state index contributed by atoms with van der Waals surface area (Å²) < 4.78 is 32.0. The second-order valence-electron chi connectivity index (χ2n) is 6.54. The Morgan fingerprint density at radius 1 is 1.38 bits per heavy atom. The highest BCUT2D eigenvalue weighted by atomic mass is 32.2. The van der Waals surface area contributed by atoms with E-state index >= 15 is 0 Å². The summed E-state index contributed by atoms with van der Waals surface area (Å²) in [7, 11) is -2.27. The van der Waals surface area contributed by atoms with Gasteiger partial charge in [-0.3, -0.25) is 9.69 Å². The highest BCUT2D eigenvalue weighted by molar-refractivity contribution is 7.92. The molecule has 144 valence electrons. The van der Waals surface area contributed by atoms with Crippen molar-refractivity contribution in [2.24, 2.45) is 0 Å². The number of ether oxygens (including phenoxy) is 2. The van der Waals surface area contributed by atoms with Crippen molar-refractivity contribution >= 4 is 27.6 Å². The standard InChI is InChI=1S/C17H23NO7S/c1-17(15(19)20,26(3,22)23)10-14-11-18(16(21)25-14)13-6-4-12(5-7-13)8-9-24-2/h4-7,14H,8-11H2,1-3H3,(H,19,20). The zero-order chi connectivity index (χ0) is 19.5. The number of rotatable bonds is 8. The molecule has 1 aliphatic rings. The molecule has 1 fully saturated rings. The van der Waals surface area contributed by atoms with Gasteiger partial charge in [0.05, 0.1) is 13.2 Å². The third-order valence-electron chi connectivity index (χ3n) is 4.60. The molecule has 0 aliphatic carbocycles. The molecule has 1 amide bonds. The fourth-order valence-electron chi connectivity index (χ4n) is 2.73. The molecule has 2 unspecified atom stereocenters. The second kappa shape index (κ2) is 7.63. The van der Waals surface area contributed by atoms with E-state index in [2.05, 4.69) is 0 Å². The van der Waals surface area contributed by atoms with Crippen molar-refractivity contribution in [3.63, 3.8) is 0 Å². The largest absolute Gasteiger partial charge is 0.480 e. The number of nitrogens with zero attached hydrogens (tertiary/aromatic N) is 1. The average Bonchev–Trinajstić information content (AvgIpc) is 2.92. The van der Waals surface area contributed by atoms with Gasteiger partial charge >= 0.3 is 12.1 Å². The highest BCUT2D eigenvalue weighted by Crippen LogP contribution is 2.30. The van der Waals surface area contributed by atoms with Gasteiger partial charge in [-0.05, 0) is 31.0 Å². The summed E-state index contributed by atoms with van der Waals surface area (Å²) in [5, 5.41) is 9.34. The summed E-state index contributed by atoms with van der Waals surface area (Å²) in [4.78, 5) is 25.0. The number of carbonyl (C=O) groups excluding carboxylic acids is 1. The number of carbonyl (C=O) groups is 2. The van der Waals surface area contributed by atoms with E-state index in [1.165, 1.54) is 4.90 Å². The monoisotopic (exact) mass is 385 g/mol. The first-order chi connectivity index (χ1) is 12.1. The molecule has 1 aromatic carbocycles. The van der Waals surface area contributed by atoms with E-state index in [9.17, 15) is 23.1 Å². The minimum absolute atomic E-state index is 0.0919. The van der Waals surface area contributed by atoms with Gasteiger partial charge in [-0.1, -0.05) is 12.1 Å². The van der Waals surface area contributed by atoms with Gasteiger partial charge in [0.1, 0.15) is 6.10 Å². The molecule has 0 bridgehead atoms. The number of carboxylic acids is 1. The van der Waals surface area contributed by atoms with E-state index in [1.54, 1.807) is 19.2 Å². The molecule has 8 nitrogen and oxygen atoms in total. The van der Waals surface area contributed by atoms with Crippen LogP contribution in [0.2, 0.25) is 0 Å². The van der Waals surface area contributed by atoms with Gasteiger partial charge in [0, 0.05) is 25.5 Å². The minimum atomic E-state index is -3.89. The van der Waals surface area contributed by atoms with Gasteiger partial charge in [0.15, 0.2) is 14.6 Å². The van der Waals surface area contributed by atoms with Crippen molar-refractivity contribution in [1.82, 2.24) is 0 Å². The van der Waals surface area contributed by atoms with Crippen molar-refractivity contribution in [3.05, 3.63) is 29.8 Å². The lowest BCUT2D eigenvalue weighted by atomic mass is 10.0. The van der Waals surface area contributed by atoms with Crippen molar-refractivity contribution in [2.45, 2.75) is 30.6 Å². The molecule has 0 spiro atoms. The third-order valence-corrected chi connectivity index (χ3v) is 6.58. The molecule has 1 saturated heterocycles. The Morgan fingerprint density at radius 3 is 2.50 bits per heavy atom. The Morgan fingerprint density at radius 2 is 2.00 bits per heavy atom. The smallest absolute Gasteiger partial charge is 0.414 e. The molecule has 0 aromatic heterocycles. The first kappa shape index (κ1) is 20.2. The number of anilines is 1. The summed E-state index contributed by atoms with van der Waals surface area (Å²) in [5.41, 5.74) is 1.66. The Labute approximate surface area is 152 Å². The number of sulfone groups is 1. The normalized spacial score (nSPS) is 19.9. The van der Waals surface area contributed by atoms with E-state index in [-0.39, 0.29) is 13.0 Å². The molecule has 1 aliphatic heterocycles. The Bertz CT molecular complexity index is 775. The van der Waals surface area contributed by atoms with E-state index < -0.39 is 32.8 Å². The lowest BCUT2D eigenvalue weighted by Gasteiger charge is -2.24. The zero-order valence-corrected chi connectivity index (χ0v) is 15.8. The van der Waals surface area contributed by atoms with Crippen LogP contribution < -0.4 is 4.90 Å². The van der Waals surface area contributed by atoms with Crippen LogP contribution >= 0.6 is 0 Å². The first-order valence-electron chi connectivity index (χ1n) is 8.07. The summed E-state index contributed by atoms with van der Waals surface area (Å²) in [6.07, 6.45) is -0.147. The van der Waals surface area contributed by atoms with Crippen LogP contribution in [-0.4, -0.2) is 63.0 Å². The molecule has 1 aromatic rings. The maximum Gasteiger partial charge on any atom is 0.414 e. The second-order valence-corrected chi connectivity index (χ2v) is 8.98. The molecular weight excluding hydrogens is 362 g/mol. The van der Waals surface area contributed by atoms with Crippen molar-refractivity contribution in [2.75, 3.05) is 31.4 Å². The highest BCUT2D eigenvalue weighted by Gasteiger charge is 2.48. The molecular formula is C17H23NO7S. The molecule has 2 atom stereocenters. The molecule has 26 heavy (non-hydrogen) atoms. The van der Waals surface area contributed by atoms with Gasteiger partial charge < -0.3 is 14.6 Å². The summed E-state index contributed by atoms with van der Waals surface area (Å²) in [6.45, 7) is 1.81. The van der Waals surface area contributed by atoms with E-state index in [0.29, 0.717) is 12.3 Å². The maximum atomic E-state index is 12.1. The van der Waals surface area contributed by atoms with E-state index in [1.807, 2.05) is 12.1 Å². The first-order valence-corrected chi connectivity index (χ1v) is 9.96. The third kappa shape index (κ3) is 4.16. The molecule has 1 N–H and O–H groups in total. The number of hydrogen-bond acceptors (Lipinski definition) is 6. The van der Waals surface area contributed by atoms with Crippen molar-refractivity contribution < 1.29 is 32.6 Å². The zero-order valence-electron chi connectivity index (χ0n) is 15.0. The number of amides is 1. The average molecular weight is 385 g/mol. The van der Waals surface area contributed by atoms with Crippen molar-refractivity contribution in [1.29, 1.82) is 0 Å². The van der Waals surface area contributed by atoms with Gasteiger partial charge in [0.2, 0.25) is 0 Å². The SMILES string of the molecule is COCCc1ccc(N2CC(CC(C)(C(=O)O)S(C)(=O)=O)OC2=O)cc1. The topological polar surface area (TPSA) is 110 Å². The Balaban J connectivity index is 2.12. The predicted molar refractivity (Wildman–Crippen MR) is 95.1 cm³/mol. The van der Waals surface area contributed by atoms with Gasteiger partial charge in [-0.2, -0.15) is 0 Å². The van der Waals surface area contributed by atoms with E-state index in [0.717, 1.165) is 25.2 Å². The summed E-state index contributed by atoms with van der Waals surface area (Å²) >= 11 is 0. The van der Waals surface area contributed by atoms with Gasteiger partial charge in [0.25, 0.3) is 0 Å². The van der Waals surface area contributed by atoms with Crippen LogP contribution in [0.25, 0.3) is 0 Å². The lowest BCUT2D eigenvalue weighted by molar-refractivity contribution is -0.140. The number of aliphatic carboxylic acids is 1. The predicted octanol–water partition coefficient (Wildman–Crippen LogP) is 1.48. The molecule has 1 heterocycles. The molecule has 0 saturated carbocycles. The van der Waals surface area contributed by atoms with Crippen molar-refractivity contribution in [3.8, 4) is 0 Å². The Kier molecular flexibility index (Phi) is 5.92. The maximum absolute atomic E-state index is 12.1. The van der Waals surface area contributed by atoms with Gasteiger partial charge in [-0.25, -0.2) is 13.2 Å². The summed E-state index contributed by atoms with van der Waals surface area (Å²) in [6, 6.07) is 7.27. The van der Waals surface area contributed by atoms with Crippen LogP contribution in [0.1, 0.15) is 18.9 Å². The summed E-state index contributed by atoms with van der Waals surface area (Å²) in [5.74, 6) is -1.46. The van der Waals surface area contributed by atoms with Crippen LogP contribution in [0.3, 0.4) is 0 Å². The number of hydrogen-bond donors (Lipinski definition) is 1. The van der Waals surface area contributed by atoms with Gasteiger partial charge in [-0.15, -0.1) is 0 Å². The number of cyclic esters (lactones) is 1. The molecule has 0 radical (unpaired) electrons. The lowest BCUT2D eigenvalue weighted by Crippen LogP contribution is -2.46. The fourth-order valence-corrected chi connectivity index (χ4v) is 3.54. The fraction of sp³-hybridized carbons (Fsp3) is 0.529.